The molecule has 0 spiro atoms. The Morgan fingerprint density at radius 1 is 1.03 bits per heavy atom. The number of rotatable bonds is 8. The third-order valence-electron chi connectivity index (χ3n) is 5.68. The predicted molar refractivity (Wildman–Crippen MR) is 118 cm³/mol. The second-order valence-electron chi connectivity index (χ2n) is 7.86. The minimum Gasteiger partial charge on any atom is -0.493 e. The molecular formula is C25H28N2O3. The first kappa shape index (κ1) is 20.2. The van der Waals surface area contributed by atoms with Gasteiger partial charge in [-0.1, -0.05) is 61.7 Å². The van der Waals surface area contributed by atoms with Gasteiger partial charge < -0.3 is 9.84 Å². The highest BCUT2D eigenvalue weighted by Gasteiger charge is 2.22. The van der Waals surface area contributed by atoms with Crippen molar-refractivity contribution < 1.29 is 14.6 Å². The van der Waals surface area contributed by atoms with Gasteiger partial charge in [0.2, 0.25) is 0 Å². The molecule has 156 valence electrons. The zero-order valence-electron chi connectivity index (χ0n) is 17.2. The summed E-state index contributed by atoms with van der Waals surface area (Å²) in [6.07, 6.45) is 6.71. The van der Waals surface area contributed by atoms with Crippen LogP contribution in [0, 0.1) is 0 Å². The van der Waals surface area contributed by atoms with Crippen LogP contribution < -0.4 is 4.74 Å². The third kappa shape index (κ3) is 4.73. The van der Waals surface area contributed by atoms with Crippen molar-refractivity contribution in [2.45, 2.75) is 51.0 Å². The van der Waals surface area contributed by atoms with Crippen molar-refractivity contribution in [1.82, 2.24) is 9.78 Å². The Balaban J connectivity index is 1.66. The Hall–Kier alpha value is -3.08. The first-order valence-corrected chi connectivity index (χ1v) is 10.8. The summed E-state index contributed by atoms with van der Waals surface area (Å²) >= 11 is 0. The number of carboxylic acids is 1. The number of aliphatic carboxylic acids is 1. The largest absolute Gasteiger partial charge is 0.493 e. The summed E-state index contributed by atoms with van der Waals surface area (Å²) in [7, 11) is 0. The maximum absolute atomic E-state index is 10.8. The van der Waals surface area contributed by atoms with E-state index < -0.39 is 5.97 Å². The number of benzene rings is 2. The highest BCUT2D eigenvalue weighted by Crippen LogP contribution is 2.37. The predicted octanol–water partition coefficient (Wildman–Crippen LogP) is 5.97. The molecule has 1 aliphatic rings. The van der Waals surface area contributed by atoms with Crippen LogP contribution in [0.4, 0.5) is 0 Å². The Labute approximate surface area is 177 Å². The van der Waals surface area contributed by atoms with Crippen molar-refractivity contribution in [3.8, 4) is 28.3 Å². The first-order valence-electron chi connectivity index (χ1n) is 10.8. The van der Waals surface area contributed by atoms with E-state index in [0.717, 1.165) is 35.5 Å². The number of ether oxygens (including phenoxy) is 1. The number of hydrogen-bond acceptors (Lipinski definition) is 3. The zero-order chi connectivity index (χ0) is 20.8. The molecule has 1 fully saturated rings. The van der Waals surface area contributed by atoms with Crippen LogP contribution in [0.1, 0.15) is 51.0 Å². The van der Waals surface area contributed by atoms with Crippen molar-refractivity contribution in [2.24, 2.45) is 0 Å². The van der Waals surface area contributed by atoms with E-state index >= 15 is 0 Å². The number of nitrogens with zero attached hydrogens (tertiary/aromatic N) is 2. The quantitative estimate of drug-likeness (QED) is 0.470. The maximum Gasteiger partial charge on any atom is 0.303 e. The first-order chi connectivity index (χ1) is 14.7. The molecule has 1 aliphatic carbocycles. The number of carboxylic acid groups (broad SMARTS) is 1. The Morgan fingerprint density at radius 2 is 1.77 bits per heavy atom. The lowest BCUT2D eigenvalue weighted by molar-refractivity contribution is -0.137. The molecule has 0 saturated heterocycles. The van der Waals surface area contributed by atoms with Crippen LogP contribution in [0.15, 0.2) is 60.7 Å². The minimum atomic E-state index is -0.800. The summed E-state index contributed by atoms with van der Waals surface area (Å²) in [4.78, 5) is 10.8. The molecule has 2 aromatic carbocycles. The van der Waals surface area contributed by atoms with Crippen molar-refractivity contribution in [2.75, 3.05) is 6.61 Å². The molecule has 3 aromatic rings. The van der Waals surface area contributed by atoms with Gasteiger partial charge in [0.1, 0.15) is 5.75 Å². The van der Waals surface area contributed by atoms with Crippen LogP contribution in [0.2, 0.25) is 0 Å². The van der Waals surface area contributed by atoms with Gasteiger partial charge in [0, 0.05) is 12.0 Å². The highest BCUT2D eigenvalue weighted by atomic mass is 16.5. The maximum atomic E-state index is 10.8. The minimum absolute atomic E-state index is 0.108. The summed E-state index contributed by atoms with van der Waals surface area (Å²) < 4.78 is 8.14. The molecule has 0 radical (unpaired) electrons. The van der Waals surface area contributed by atoms with E-state index in [2.05, 4.69) is 35.0 Å². The molecule has 0 atom stereocenters. The lowest BCUT2D eigenvalue weighted by atomic mass is 9.95. The number of aromatic nitrogens is 2. The second-order valence-corrected chi connectivity index (χ2v) is 7.86. The van der Waals surface area contributed by atoms with Crippen molar-refractivity contribution in [1.29, 1.82) is 0 Å². The van der Waals surface area contributed by atoms with E-state index in [-0.39, 0.29) is 6.42 Å². The highest BCUT2D eigenvalue weighted by molar-refractivity contribution is 5.72. The molecule has 4 rings (SSSR count). The molecule has 0 bridgehead atoms. The Bertz CT molecular complexity index is 975. The summed E-state index contributed by atoms with van der Waals surface area (Å²) in [6, 6.07) is 20.9. The molecule has 1 saturated carbocycles. The third-order valence-corrected chi connectivity index (χ3v) is 5.68. The molecule has 30 heavy (non-hydrogen) atoms. The molecule has 1 heterocycles. The van der Waals surface area contributed by atoms with Crippen molar-refractivity contribution in [3.63, 3.8) is 0 Å². The van der Waals surface area contributed by atoms with Crippen molar-refractivity contribution in [3.05, 3.63) is 60.7 Å². The molecule has 5 heteroatoms. The Morgan fingerprint density at radius 3 is 2.53 bits per heavy atom. The van der Waals surface area contributed by atoms with Crippen LogP contribution in [0.5, 0.6) is 5.75 Å². The SMILES string of the molecule is O=C(O)CCCOc1ccccc1-c1cc(-c2ccccc2)n(C2CCCCC2)n1. The number of carbonyl (C=O) groups is 1. The van der Waals surface area contributed by atoms with Crippen molar-refractivity contribution >= 4 is 5.97 Å². The summed E-state index contributed by atoms with van der Waals surface area (Å²) in [5.41, 5.74) is 4.15. The van der Waals surface area contributed by atoms with Gasteiger partial charge >= 0.3 is 5.97 Å². The fraction of sp³-hybridized carbons (Fsp3) is 0.360. The topological polar surface area (TPSA) is 64.3 Å². The van der Waals surface area contributed by atoms with Crippen LogP contribution in [-0.2, 0) is 4.79 Å². The molecular weight excluding hydrogens is 376 g/mol. The van der Waals surface area contributed by atoms with Gasteiger partial charge in [0.25, 0.3) is 0 Å². The summed E-state index contributed by atoms with van der Waals surface area (Å²) in [5.74, 6) is -0.0543. The lowest BCUT2D eigenvalue weighted by Crippen LogP contribution is -2.15. The van der Waals surface area contributed by atoms with Gasteiger partial charge in [0.15, 0.2) is 0 Å². The average molecular weight is 405 g/mol. The molecule has 1 N–H and O–H groups in total. The van der Waals surface area contributed by atoms with Crippen LogP contribution >= 0.6 is 0 Å². The van der Waals surface area contributed by atoms with Gasteiger partial charge in [-0.3, -0.25) is 9.48 Å². The average Bonchev–Trinajstić information content (AvgIpc) is 3.23. The van der Waals surface area contributed by atoms with E-state index in [9.17, 15) is 4.79 Å². The fourth-order valence-electron chi connectivity index (χ4n) is 4.16. The van der Waals surface area contributed by atoms with E-state index in [1.807, 2.05) is 30.3 Å². The van der Waals surface area contributed by atoms with Gasteiger partial charge in [0.05, 0.1) is 24.0 Å². The van der Waals surface area contributed by atoms with Gasteiger partial charge in [-0.15, -0.1) is 0 Å². The number of hydrogen-bond donors (Lipinski definition) is 1. The summed E-state index contributed by atoms with van der Waals surface area (Å²) in [5, 5.41) is 13.9. The van der Waals surface area contributed by atoms with Gasteiger partial charge in [-0.25, -0.2) is 0 Å². The monoisotopic (exact) mass is 404 g/mol. The smallest absolute Gasteiger partial charge is 0.303 e. The molecule has 0 amide bonds. The second kappa shape index (κ2) is 9.61. The van der Waals surface area contributed by atoms with Gasteiger partial charge in [-0.05, 0) is 43.0 Å². The lowest BCUT2D eigenvalue weighted by Gasteiger charge is -2.24. The fourth-order valence-corrected chi connectivity index (χ4v) is 4.16. The molecule has 5 nitrogen and oxygen atoms in total. The number of para-hydroxylation sites is 1. The summed E-state index contributed by atoms with van der Waals surface area (Å²) in [6.45, 7) is 0.373. The molecule has 0 unspecified atom stereocenters. The van der Waals surface area contributed by atoms with E-state index in [0.29, 0.717) is 19.1 Å². The molecule has 1 aromatic heterocycles. The zero-order valence-corrected chi connectivity index (χ0v) is 17.2. The van der Waals surface area contributed by atoms with E-state index in [1.165, 1.54) is 24.8 Å². The van der Waals surface area contributed by atoms with Crippen LogP contribution in [0.3, 0.4) is 0 Å². The van der Waals surface area contributed by atoms with Crippen LogP contribution in [-0.4, -0.2) is 27.5 Å². The van der Waals surface area contributed by atoms with Gasteiger partial charge in [-0.2, -0.15) is 5.10 Å². The van der Waals surface area contributed by atoms with E-state index in [1.54, 1.807) is 0 Å². The molecule has 0 aliphatic heterocycles. The normalized spacial score (nSPS) is 14.5. The van der Waals surface area contributed by atoms with Crippen LogP contribution in [0.25, 0.3) is 22.5 Å². The Kier molecular flexibility index (Phi) is 6.47. The standard InChI is InChI=1S/C25H28N2O3/c28-25(29)16-9-17-30-24-15-8-7-14-21(24)22-18-23(19-10-3-1-4-11-19)27(26-22)20-12-5-2-6-13-20/h1,3-4,7-8,10-11,14-15,18,20H,2,5-6,9,12-13,16-17H2,(H,28,29). The van der Waals surface area contributed by atoms with E-state index in [4.69, 9.17) is 14.9 Å².